The van der Waals surface area contributed by atoms with E-state index in [0.717, 1.165) is 18.3 Å². The van der Waals surface area contributed by atoms with E-state index < -0.39 is 23.1 Å². The zero-order valence-corrected chi connectivity index (χ0v) is 19.8. The van der Waals surface area contributed by atoms with Crippen molar-refractivity contribution in [2.24, 2.45) is 5.41 Å². The third-order valence-electron chi connectivity index (χ3n) is 7.80. The Bertz CT molecular complexity index is 1270. The van der Waals surface area contributed by atoms with Crippen LogP contribution in [0.1, 0.15) is 36.4 Å². The van der Waals surface area contributed by atoms with Gasteiger partial charge in [0.2, 0.25) is 5.91 Å². The van der Waals surface area contributed by atoms with Crippen LogP contribution in [0.4, 0.5) is 13.2 Å². The Morgan fingerprint density at radius 3 is 2.47 bits per heavy atom. The molecule has 7 nitrogen and oxygen atoms in total. The number of carbonyl (C=O) groups is 2. The lowest BCUT2D eigenvalue weighted by molar-refractivity contribution is -0.271. The van der Waals surface area contributed by atoms with Crippen LogP contribution in [0.3, 0.4) is 0 Å². The van der Waals surface area contributed by atoms with Crippen molar-refractivity contribution < 1.29 is 27.5 Å². The number of halogens is 3. The molecular weight excluding hydrogens is 473 g/mol. The molecule has 2 amide bonds. The molecule has 10 heteroatoms. The minimum absolute atomic E-state index is 0.0890. The summed E-state index contributed by atoms with van der Waals surface area (Å²) in [7, 11) is 0.913. The van der Waals surface area contributed by atoms with Crippen LogP contribution in [0.5, 0.6) is 0 Å². The summed E-state index contributed by atoms with van der Waals surface area (Å²) in [6.07, 6.45) is -2.23. The third-order valence-corrected chi connectivity index (χ3v) is 7.80. The van der Waals surface area contributed by atoms with Crippen LogP contribution in [-0.2, 0) is 19.9 Å². The number of alkyl halides is 3. The van der Waals surface area contributed by atoms with Crippen LogP contribution in [0.2, 0.25) is 0 Å². The number of piperidine rings is 2. The summed E-state index contributed by atoms with van der Waals surface area (Å²) in [5.41, 5.74) is -2.00. The molecule has 1 unspecified atom stereocenters. The topological polar surface area (TPSA) is 75.9 Å². The average molecular weight is 501 g/mol. The summed E-state index contributed by atoms with van der Waals surface area (Å²) < 4.78 is 50.1. The lowest BCUT2D eigenvalue weighted by Crippen LogP contribution is -2.60. The largest absolute Gasteiger partial charge is 0.430 e. The molecule has 0 aliphatic carbocycles. The molecule has 2 aromatic heterocycles. The molecule has 0 bridgehead atoms. The number of methoxy groups -OCH3 is 1. The number of hydrogen-bond acceptors (Lipinski definition) is 4. The molecule has 190 valence electrons. The minimum atomic E-state index is -4.96. The lowest BCUT2D eigenvalue weighted by atomic mass is 9.63. The van der Waals surface area contributed by atoms with Gasteiger partial charge in [-0.25, -0.2) is 4.52 Å². The molecule has 36 heavy (non-hydrogen) atoms. The van der Waals surface area contributed by atoms with Gasteiger partial charge in [-0.2, -0.15) is 18.3 Å². The van der Waals surface area contributed by atoms with Crippen LogP contribution >= 0.6 is 0 Å². The predicted molar refractivity (Wildman–Crippen MR) is 125 cm³/mol. The number of pyridine rings is 1. The van der Waals surface area contributed by atoms with Gasteiger partial charge in [-0.1, -0.05) is 36.4 Å². The van der Waals surface area contributed by atoms with Crippen LogP contribution in [0.25, 0.3) is 5.52 Å². The molecule has 0 radical (unpaired) electrons. The Balaban J connectivity index is 1.46. The highest BCUT2D eigenvalue weighted by atomic mass is 19.4. The molecule has 2 saturated heterocycles. The Kier molecular flexibility index (Phi) is 6.02. The van der Waals surface area contributed by atoms with Crippen molar-refractivity contribution in [3.8, 4) is 0 Å². The second kappa shape index (κ2) is 8.92. The molecule has 2 fully saturated rings. The molecular formula is C26H27F3N4O3. The first-order valence-corrected chi connectivity index (χ1v) is 11.9. The van der Waals surface area contributed by atoms with E-state index in [1.54, 1.807) is 12.3 Å². The summed E-state index contributed by atoms with van der Waals surface area (Å²) >= 11 is 0. The van der Waals surface area contributed by atoms with Gasteiger partial charge in [-0.3, -0.25) is 9.59 Å². The highest BCUT2D eigenvalue weighted by molar-refractivity contribution is 5.88. The molecule has 3 aromatic rings. The number of fused-ring (bicyclic) bond motifs is 1. The third kappa shape index (κ3) is 3.75. The molecule has 1 spiro atoms. The van der Waals surface area contributed by atoms with E-state index in [-0.39, 0.29) is 36.9 Å². The van der Waals surface area contributed by atoms with E-state index in [1.165, 1.54) is 29.2 Å². The molecule has 2 atom stereocenters. The van der Waals surface area contributed by atoms with E-state index in [1.807, 2.05) is 28.8 Å². The Labute approximate surface area is 206 Å². The van der Waals surface area contributed by atoms with Crippen molar-refractivity contribution in [1.82, 2.24) is 19.8 Å². The second-order valence-corrected chi connectivity index (χ2v) is 9.56. The van der Waals surface area contributed by atoms with Gasteiger partial charge in [0, 0.05) is 56.5 Å². The highest BCUT2D eigenvalue weighted by Crippen LogP contribution is 2.50. The maximum absolute atomic E-state index is 14.4. The van der Waals surface area contributed by atoms with Crippen molar-refractivity contribution in [1.29, 1.82) is 0 Å². The molecule has 1 aromatic carbocycles. The van der Waals surface area contributed by atoms with Crippen LogP contribution in [0.15, 0.2) is 60.8 Å². The fourth-order valence-electron chi connectivity index (χ4n) is 5.90. The number of ether oxygens (including phenoxy) is 1. The Morgan fingerprint density at radius 2 is 1.81 bits per heavy atom. The molecule has 1 N–H and O–H groups in total. The molecule has 4 heterocycles. The Hall–Kier alpha value is -3.40. The maximum atomic E-state index is 14.4. The number of hydrogen-bond donors (Lipinski definition) is 1. The number of nitrogens with one attached hydrogen (secondary N) is 1. The second-order valence-electron chi connectivity index (χ2n) is 9.56. The van der Waals surface area contributed by atoms with Crippen molar-refractivity contribution in [2.45, 2.75) is 37.0 Å². The van der Waals surface area contributed by atoms with E-state index in [9.17, 15) is 22.8 Å². The van der Waals surface area contributed by atoms with Gasteiger partial charge in [-0.05, 0) is 36.5 Å². The number of likely N-dealkylation sites (tertiary alicyclic amines) is 1. The van der Waals surface area contributed by atoms with Crippen LogP contribution in [0, 0.1) is 5.41 Å². The van der Waals surface area contributed by atoms with E-state index in [0.29, 0.717) is 19.4 Å². The first-order valence-electron chi connectivity index (χ1n) is 11.9. The fourth-order valence-corrected chi connectivity index (χ4v) is 5.90. The van der Waals surface area contributed by atoms with Gasteiger partial charge in [0.25, 0.3) is 11.5 Å². The fraction of sp³-hybridized carbons (Fsp3) is 0.423. The average Bonchev–Trinajstić information content (AvgIpc) is 3.35. The first-order chi connectivity index (χ1) is 17.2. The summed E-state index contributed by atoms with van der Waals surface area (Å²) in [6.45, 7) is 0.581. The van der Waals surface area contributed by atoms with Crippen LogP contribution in [-0.4, -0.2) is 59.2 Å². The first kappa shape index (κ1) is 24.3. The predicted octanol–water partition coefficient (Wildman–Crippen LogP) is 3.65. The number of aromatic nitrogens is 2. The van der Waals surface area contributed by atoms with Crippen molar-refractivity contribution in [2.75, 3.05) is 26.7 Å². The van der Waals surface area contributed by atoms with Crippen molar-refractivity contribution in [3.05, 3.63) is 72.1 Å². The SMILES string of the molecule is CO[C@@](C(=O)N1CCC2(CC1)CC(=O)NCC2c1cccc2ccnn12)(c1ccccc1)C(F)(F)F. The smallest absolute Gasteiger partial charge is 0.356 e. The lowest BCUT2D eigenvalue weighted by Gasteiger charge is -2.50. The van der Waals surface area contributed by atoms with Gasteiger partial charge in [-0.15, -0.1) is 0 Å². The normalized spacial score (nSPS) is 21.8. The number of rotatable bonds is 4. The molecule has 5 rings (SSSR count). The molecule has 0 saturated carbocycles. The van der Waals surface area contributed by atoms with Gasteiger partial charge < -0.3 is 15.0 Å². The minimum Gasteiger partial charge on any atom is -0.356 e. The zero-order chi connectivity index (χ0) is 25.6. The highest BCUT2D eigenvalue weighted by Gasteiger charge is 2.64. The standard InChI is InChI=1S/C26H27F3N4O3/c1-36-25(26(27,28)29,18-6-3-2-4-7-18)23(35)32-14-11-24(12-15-32)16-22(34)30-17-20(24)21-9-5-8-19-10-13-31-33(19)21/h2-10,13,20H,11-12,14-17H2,1H3,(H,30,34)/t20?,25-/m1/s1. The van der Waals surface area contributed by atoms with Gasteiger partial charge in [0.15, 0.2) is 0 Å². The number of amides is 2. The van der Waals surface area contributed by atoms with E-state index in [4.69, 9.17) is 4.74 Å². The number of benzene rings is 1. The number of carbonyl (C=O) groups excluding carboxylic acids is 2. The van der Waals surface area contributed by atoms with E-state index >= 15 is 0 Å². The summed E-state index contributed by atoms with van der Waals surface area (Å²) in [5.74, 6) is -1.33. The van der Waals surface area contributed by atoms with Crippen molar-refractivity contribution >= 4 is 17.3 Å². The monoisotopic (exact) mass is 500 g/mol. The van der Waals surface area contributed by atoms with Gasteiger partial charge in [0.05, 0.1) is 5.52 Å². The summed E-state index contributed by atoms with van der Waals surface area (Å²) in [5, 5.41) is 7.37. The Morgan fingerprint density at radius 1 is 1.08 bits per heavy atom. The zero-order valence-electron chi connectivity index (χ0n) is 19.8. The molecule has 2 aliphatic rings. The van der Waals surface area contributed by atoms with Crippen molar-refractivity contribution in [3.63, 3.8) is 0 Å². The molecule has 2 aliphatic heterocycles. The van der Waals surface area contributed by atoms with E-state index in [2.05, 4.69) is 10.4 Å². The summed E-state index contributed by atoms with van der Waals surface area (Å²) in [6, 6.07) is 14.7. The van der Waals surface area contributed by atoms with Crippen LogP contribution < -0.4 is 5.32 Å². The summed E-state index contributed by atoms with van der Waals surface area (Å²) in [4.78, 5) is 27.2. The number of nitrogens with zero attached hydrogens (tertiary/aromatic N) is 3. The maximum Gasteiger partial charge on any atom is 0.430 e. The quantitative estimate of drug-likeness (QED) is 0.594. The van der Waals surface area contributed by atoms with Gasteiger partial charge in [0.1, 0.15) is 0 Å². The van der Waals surface area contributed by atoms with Gasteiger partial charge >= 0.3 is 6.18 Å².